The van der Waals surface area contributed by atoms with E-state index in [2.05, 4.69) is 52.0 Å². The highest BCUT2D eigenvalue weighted by molar-refractivity contribution is 5.86. The highest BCUT2D eigenvalue weighted by Crippen LogP contribution is 2.58. The summed E-state index contributed by atoms with van der Waals surface area (Å²) in [6, 6.07) is 9.11. The maximum Gasteiger partial charge on any atom is 0.0159 e. The van der Waals surface area contributed by atoms with E-state index in [1.165, 1.54) is 22.3 Å². The van der Waals surface area contributed by atoms with Gasteiger partial charge in [0.2, 0.25) is 0 Å². The van der Waals surface area contributed by atoms with Crippen LogP contribution in [-0.4, -0.2) is 0 Å². The van der Waals surface area contributed by atoms with E-state index in [1.54, 1.807) is 11.1 Å². The van der Waals surface area contributed by atoms with Crippen molar-refractivity contribution < 1.29 is 0 Å². The van der Waals surface area contributed by atoms with Crippen LogP contribution in [0.4, 0.5) is 0 Å². The molecule has 0 bridgehead atoms. The SMILES string of the molecule is Cc1ccc(C)c2c3c(cc-2c1)C3(C)C. The van der Waals surface area contributed by atoms with E-state index in [0.29, 0.717) is 5.41 Å². The monoisotopic (exact) mass is 196 g/mol. The lowest BCUT2D eigenvalue weighted by molar-refractivity contribution is 0.789. The third-order valence-electron chi connectivity index (χ3n) is 3.72. The normalized spacial score (nSPS) is 16.5. The second kappa shape index (κ2) is 2.44. The minimum absolute atomic E-state index is 0.347. The smallest absolute Gasteiger partial charge is 0.0159 e. The zero-order chi connectivity index (χ0) is 10.8. The molecule has 3 aliphatic carbocycles. The third kappa shape index (κ3) is 1.02. The van der Waals surface area contributed by atoms with Crippen molar-refractivity contribution in [1.29, 1.82) is 0 Å². The standard InChI is InChI=1S/C15H16/c1-9-5-6-10(2)13-11(7-9)8-12-14(13)15(12,3)4/h5-8H,1-4H3. The molecule has 3 rings (SSSR count). The van der Waals surface area contributed by atoms with Crippen molar-refractivity contribution in [1.82, 2.24) is 0 Å². The number of aryl methyl sites for hydroxylation is 2. The molecule has 0 heteroatoms. The van der Waals surface area contributed by atoms with Crippen molar-refractivity contribution in [3.05, 3.63) is 46.5 Å². The van der Waals surface area contributed by atoms with Crippen molar-refractivity contribution in [2.45, 2.75) is 33.1 Å². The molecule has 0 spiro atoms. The highest BCUT2D eigenvalue weighted by Gasteiger charge is 2.46. The molecule has 0 heterocycles. The fourth-order valence-electron chi connectivity index (χ4n) is 2.74. The summed E-state index contributed by atoms with van der Waals surface area (Å²) in [5.74, 6) is 0. The Bertz CT molecular complexity index is 532. The van der Waals surface area contributed by atoms with Gasteiger partial charge in [-0.05, 0) is 47.7 Å². The van der Waals surface area contributed by atoms with Crippen LogP contribution in [0.15, 0.2) is 24.3 Å². The largest absolute Gasteiger partial charge is 0.0590 e. The lowest BCUT2D eigenvalue weighted by Crippen LogP contribution is -1.95. The zero-order valence-corrected chi connectivity index (χ0v) is 9.81. The van der Waals surface area contributed by atoms with E-state index in [4.69, 9.17) is 0 Å². The first kappa shape index (κ1) is 8.96. The molecule has 3 aliphatic rings. The first-order chi connectivity index (χ1) is 7.01. The summed E-state index contributed by atoms with van der Waals surface area (Å²) < 4.78 is 0. The van der Waals surface area contributed by atoms with Gasteiger partial charge in [-0.1, -0.05) is 37.6 Å². The van der Waals surface area contributed by atoms with Gasteiger partial charge in [0.25, 0.3) is 0 Å². The topological polar surface area (TPSA) is 0 Å². The number of hydrogen-bond donors (Lipinski definition) is 0. The maximum atomic E-state index is 2.37. The summed E-state index contributed by atoms with van der Waals surface area (Å²) in [6.07, 6.45) is 0. The van der Waals surface area contributed by atoms with Gasteiger partial charge in [0.15, 0.2) is 0 Å². The molecule has 15 heavy (non-hydrogen) atoms. The van der Waals surface area contributed by atoms with Crippen LogP contribution in [0.3, 0.4) is 0 Å². The Kier molecular flexibility index (Phi) is 1.46. The molecule has 0 radical (unpaired) electrons. The summed E-state index contributed by atoms with van der Waals surface area (Å²) in [4.78, 5) is 0. The van der Waals surface area contributed by atoms with E-state index in [-0.39, 0.29) is 0 Å². The molecule has 0 aliphatic heterocycles. The molecule has 0 saturated heterocycles. The molecule has 0 saturated carbocycles. The van der Waals surface area contributed by atoms with E-state index in [0.717, 1.165) is 0 Å². The number of hydrogen-bond acceptors (Lipinski definition) is 0. The lowest BCUT2D eigenvalue weighted by atomic mass is 9.96. The van der Waals surface area contributed by atoms with Crippen LogP contribution in [0, 0.1) is 13.8 Å². The number of fused-ring (bicyclic) bond motifs is 3. The molecule has 0 nitrogen and oxygen atoms in total. The number of rotatable bonds is 0. The van der Waals surface area contributed by atoms with Gasteiger partial charge in [-0.2, -0.15) is 0 Å². The van der Waals surface area contributed by atoms with E-state index in [1.807, 2.05) is 0 Å². The van der Waals surface area contributed by atoms with Crippen LogP contribution in [0.1, 0.15) is 36.1 Å². The van der Waals surface area contributed by atoms with Crippen molar-refractivity contribution in [3.63, 3.8) is 0 Å². The second-order valence-electron chi connectivity index (χ2n) is 5.29. The van der Waals surface area contributed by atoms with Crippen molar-refractivity contribution in [2.75, 3.05) is 0 Å². The average Bonchev–Trinajstić information content (AvgIpc) is 2.59. The predicted molar refractivity (Wildman–Crippen MR) is 64.7 cm³/mol. The van der Waals surface area contributed by atoms with Gasteiger partial charge in [-0.25, -0.2) is 0 Å². The Morgan fingerprint density at radius 2 is 1.73 bits per heavy atom. The first-order valence-corrected chi connectivity index (χ1v) is 5.57. The zero-order valence-electron chi connectivity index (χ0n) is 9.81. The fraction of sp³-hybridized carbons (Fsp3) is 0.333. The molecule has 0 amide bonds. The Labute approximate surface area is 91.3 Å². The van der Waals surface area contributed by atoms with Crippen LogP contribution in [-0.2, 0) is 5.41 Å². The molecule has 0 aromatic rings. The molecule has 76 valence electrons. The molecular formula is C15H16. The Balaban J connectivity index is 2.37. The van der Waals surface area contributed by atoms with Crippen molar-refractivity contribution >= 4 is 0 Å². The van der Waals surface area contributed by atoms with Gasteiger partial charge in [-0.3, -0.25) is 0 Å². The molecular weight excluding hydrogens is 180 g/mol. The lowest BCUT2D eigenvalue weighted by Gasteiger charge is -2.07. The highest BCUT2D eigenvalue weighted by atomic mass is 14.5. The minimum Gasteiger partial charge on any atom is -0.0590 e. The van der Waals surface area contributed by atoms with E-state index < -0.39 is 0 Å². The Morgan fingerprint density at radius 3 is 2.47 bits per heavy atom. The van der Waals surface area contributed by atoms with Gasteiger partial charge >= 0.3 is 0 Å². The Morgan fingerprint density at radius 1 is 1.00 bits per heavy atom. The summed E-state index contributed by atoms with van der Waals surface area (Å²) in [7, 11) is 0. The first-order valence-electron chi connectivity index (χ1n) is 5.57. The van der Waals surface area contributed by atoms with Crippen LogP contribution < -0.4 is 0 Å². The summed E-state index contributed by atoms with van der Waals surface area (Å²) in [6.45, 7) is 9.02. The van der Waals surface area contributed by atoms with Gasteiger partial charge in [0.05, 0.1) is 0 Å². The fourth-order valence-corrected chi connectivity index (χ4v) is 2.74. The molecule has 0 N–H and O–H groups in total. The summed E-state index contributed by atoms with van der Waals surface area (Å²) >= 11 is 0. The Hall–Kier alpha value is -1.30. The molecule has 0 aromatic carbocycles. The maximum absolute atomic E-state index is 2.37. The predicted octanol–water partition coefficient (Wildman–Crippen LogP) is 4.05. The van der Waals surface area contributed by atoms with Crippen molar-refractivity contribution in [2.24, 2.45) is 0 Å². The van der Waals surface area contributed by atoms with Crippen LogP contribution in [0.25, 0.3) is 11.1 Å². The van der Waals surface area contributed by atoms with Gasteiger partial charge < -0.3 is 0 Å². The van der Waals surface area contributed by atoms with Gasteiger partial charge in [0.1, 0.15) is 0 Å². The third-order valence-corrected chi connectivity index (χ3v) is 3.72. The summed E-state index contributed by atoms with van der Waals surface area (Å²) in [5.41, 5.74) is 9.13. The second-order valence-corrected chi connectivity index (χ2v) is 5.29. The van der Waals surface area contributed by atoms with E-state index >= 15 is 0 Å². The molecule has 0 atom stereocenters. The van der Waals surface area contributed by atoms with Crippen LogP contribution in [0.2, 0.25) is 0 Å². The molecule has 0 fully saturated rings. The summed E-state index contributed by atoms with van der Waals surface area (Å²) in [5, 5.41) is 0. The van der Waals surface area contributed by atoms with E-state index in [9.17, 15) is 0 Å². The van der Waals surface area contributed by atoms with Crippen molar-refractivity contribution in [3.8, 4) is 11.1 Å². The van der Waals surface area contributed by atoms with Crippen LogP contribution in [0.5, 0.6) is 0 Å². The van der Waals surface area contributed by atoms with Gasteiger partial charge in [-0.15, -0.1) is 0 Å². The molecule has 0 unspecified atom stereocenters. The van der Waals surface area contributed by atoms with Crippen LogP contribution >= 0.6 is 0 Å². The average molecular weight is 196 g/mol. The quantitative estimate of drug-likeness (QED) is 0.596. The van der Waals surface area contributed by atoms with Gasteiger partial charge in [0, 0.05) is 5.41 Å². The minimum atomic E-state index is 0.347. The molecule has 0 aromatic heterocycles.